The molecule has 0 radical (unpaired) electrons. The van der Waals surface area contributed by atoms with Crippen molar-refractivity contribution in [1.82, 2.24) is 4.90 Å². The highest BCUT2D eigenvalue weighted by molar-refractivity contribution is 5.88. The third kappa shape index (κ3) is 1.45. The summed E-state index contributed by atoms with van der Waals surface area (Å²) in [6.45, 7) is 7.17. The van der Waals surface area contributed by atoms with Crippen LogP contribution in [0, 0.1) is 5.92 Å². The SMILES string of the molecule is C[C@H]1CC(=O)C(C)(C)N(C)C1. The molecular weight excluding hydrogens is 138 g/mol. The van der Waals surface area contributed by atoms with Crippen LogP contribution in [-0.2, 0) is 4.79 Å². The van der Waals surface area contributed by atoms with Crippen LogP contribution in [0.25, 0.3) is 0 Å². The van der Waals surface area contributed by atoms with Crippen molar-refractivity contribution in [2.24, 2.45) is 5.92 Å². The fourth-order valence-corrected chi connectivity index (χ4v) is 1.54. The summed E-state index contributed by atoms with van der Waals surface area (Å²) in [4.78, 5) is 13.6. The first-order valence-corrected chi connectivity index (χ1v) is 4.19. The highest BCUT2D eigenvalue weighted by Crippen LogP contribution is 2.25. The maximum Gasteiger partial charge on any atom is 0.152 e. The first kappa shape index (κ1) is 8.72. The molecule has 0 unspecified atom stereocenters. The standard InChI is InChI=1S/C9H17NO/c1-7-5-8(11)9(2,3)10(4)6-7/h7H,5-6H2,1-4H3/t7-/m0/s1. The molecule has 0 amide bonds. The molecule has 0 aromatic rings. The number of Topliss-reactive ketones (excluding diaryl/α,β-unsaturated/α-hetero) is 1. The number of hydrogen-bond donors (Lipinski definition) is 0. The number of carbonyl (C=O) groups is 1. The van der Waals surface area contributed by atoms with Crippen molar-refractivity contribution in [3.05, 3.63) is 0 Å². The molecule has 11 heavy (non-hydrogen) atoms. The van der Waals surface area contributed by atoms with Crippen molar-refractivity contribution < 1.29 is 4.79 Å². The quantitative estimate of drug-likeness (QED) is 0.525. The normalized spacial score (nSPS) is 32.4. The molecule has 64 valence electrons. The lowest BCUT2D eigenvalue weighted by Gasteiger charge is -2.40. The van der Waals surface area contributed by atoms with Gasteiger partial charge >= 0.3 is 0 Å². The minimum absolute atomic E-state index is 0.230. The molecule has 0 spiro atoms. The lowest BCUT2D eigenvalue weighted by atomic mass is 9.85. The molecule has 0 N–H and O–H groups in total. The van der Waals surface area contributed by atoms with Gasteiger partial charge in [-0.25, -0.2) is 0 Å². The van der Waals surface area contributed by atoms with Crippen LogP contribution < -0.4 is 0 Å². The zero-order chi connectivity index (χ0) is 8.65. The highest BCUT2D eigenvalue weighted by Gasteiger charge is 2.37. The number of rotatable bonds is 0. The van der Waals surface area contributed by atoms with Crippen molar-refractivity contribution in [2.45, 2.75) is 32.7 Å². The van der Waals surface area contributed by atoms with Crippen molar-refractivity contribution in [1.29, 1.82) is 0 Å². The van der Waals surface area contributed by atoms with Gasteiger partial charge in [0.25, 0.3) is 0 Å². The molecule has 1 rings (SSSR count). The Morgan fingerprint density at radius 1 is 1.55 bits per heavy atom. The lowest BCUT2D eigenvalue weighted by molar-refractivity contribution is -0.133. The summed E-state index contributed by atoms with van der Waals surface area (Å²) in [5, 5.41) is 0. The van der Waals surface area contributed by atoms with Gasteiger partial charge in [0, 0.05) is 13.0 Å². The smallest absolute Gasteiger partial charge is 0.152 e. The van der Waals surface area contributed by atoms with Gasteiger partial charge < -0.3 is 0 Å². The third-order valence-electron chi connectivity index (χ3n) is 2.76. The van der Waals surface area contributed by atoms with E-state index in [0.29, 0.717) is 11.7 Å². The van der Waals surface area contributed by atoms with Gasteiger partial charge in [-0.3, -0.25) is 9.69 Å². The van der Waals surface area contributed by atoms with E-state index in [1.165, 1.54) is 0 Å². The molecule has 0 aromatic carbocycles. The molecule has 1 atom stereocenters. The van der Waals surface area contributed by atoms with E-state index in [2.05, 4.69) is 11.8 Å². The van der Waals surface area contributed by atoms with Gasteiger partial charge in [0.05, 0.1) is 5.54 Å². The molecule has 0 aliphatic carbocycles. The van der Waals surface area contributed by atoms with Gasteiger partial charge in [0.2, 0.25) is 0 Å². The summed E-state index contributed by atoms with van der Waals surface area (Å²) in [7, 11) is 2.02. The molecule has 0 aromatic heterocycles. The van der Waals surface area contributed by atoms with E-state index in [9.17, 15) is 4.79 Å². The average Bonchev–Trinajstić information content (AvgIpc) is 1.84. The first-order chi connectivity index (χ1) is 4.94. The van der Waals surface area contributed by atoms with E-state index in [0.717, 1.165) is 13.0 Å². The van der Waals surface area contributed by atoms with Gasteiger partial charge in [-0.1, -0.05) is 6.92 Å². The molecule has 1 fully saturated rings. The Hall–Kier alpha value is -0.370. The maximum atomic E-state index is 11.5. The molecule has 1 aliphatic rings. The predicted octanol–water partition coefficient (Wildman–Crippen LogP) is 1.31. The van der Waals surface area contributed by atoms with E-state index in [-0.39, 0.29) is 5.54 Å². The Balaban J connectivity index is 2.76. The Morgan fingerprint density at radius 2 is 2.09 bits per heavy atom. The van der Waals surface area contributed by atoms with Crippen LogP contribution in [0.4, 0.5) is 0 Å². The van der Waals surface area contributed by atoms with Crippen LogP contribution in [0.15, 0.2) is 0 Å². The number of piperidine rings is 1. The predicted molar refractivity (Wildman–Crippen MR) is 45.5 cm³/mol. The van der Waals surface area contributed by atoms with Crippen molar-refractivity contribution in [3.8, 4) is 0 Å². The summed E-state index contributed by atoms with van der Waals surface area (Å²) in [6.07, 6.45) is 0.747. The number of likely N-dealkylation sites (N-methyl/N-ethyl adjacent to an activating group) is 1. The van der Waals surface area contributed by atoms with Gasteiger partial charge in [0.1, 0.15) is 0 Å². The molecule has 0 bridgehead atoms. The van der Waals surface area contributed by atoms with E-state index < -0.39 is 0 Å². The molecule has 2 nitrogen and oxygen atoms in total. The van der Waals surface area contributed by atoms with Gasteiger partial charge in [-0.15, -0.1) is 0 Å². The summed E-state index contributed by atoms with van der Waals surface area (Å²) in [5.74, 6) is 0.902. The number of nitrogens with zero attached hydrogens (tertiary/aromatic N) is 1. The van der Waals surface area contributed by atoms with E-state index in [1.54, 1.807) is 0 Å². The second-order valence-corrected chi connectivity index (χ2v) is 4.17. The van der Waals surface area contributed by atoms with Crippen LogP contribution in [-0.4, -0.2) is 29.8 Å². The van der Waals surface area contributed by atoms with E-state index in [1.807, 2.05) is 20.9 Å². The topological polar surface area (TPSA) is 20.3 Å². The molecule has 0 saturated carbocycles. The van der Waals surface area contributed by atoms with Gasteiger partial charge in [-0.05, 0) is 26.8 Å². The monoisotopic (exact) mass is 155 g/mol. The fourth-order valence-electron chi connectivity index (χ4n) is 1.54. The zero-order valence-corrected chi connectivity index (χ0v) is 7.85. The zero-order valence-electron chi connectivity index (χ0n) is 7.85. The second-order valence-electron chi connectivity index (χ2n) is 4.17. The number of ketones is 1. The third-order valence-corrected chi connectivity index (χ3v) is 2.76. The van der Waals surface area contributed by atoms with Crippen LogP contribution in [0.5, 0.6) is 0 Å². The Kier molecular flexibility index (Phi) is 2.06. The Bertz CT molecular complexity index is 174. The minimum atomic E-state index is -0.230. The fraction of sp³-hybridized carbons (Fsp3) is 0.889. The van der Waals surface area contributed by atoms with Crippen LogP contribution in [0.2, 0.25) is 0 Å². The summed E-state index contributed by atoms with van der Waals surface area (Å²) in [5.41, 5.74) is -0.230. The molecule has 1 heterocycles. The Morgan fingerprint density at radius 3 is 2.55 bits per heavy atom. The van der Waals surface area contributed by atoms with Crippen LogP contribution >= 0.6 is 0 Å². The van der Waals surface area contributed by atoms with Crippen molar-refractivity contribution in [2.75, 3.05) is 13.6 Å². The van der Waals surface area contributed by atoms with Crippen molar-refractivity contribution in [3.63, 3.8) is 0 Å². The summed E-state index contributed by atoms with van der Waals surface area (Å²) < 4.78 is 0. The molecule has 2 heteroatoms. The van der Waals surface area contributed by atoms with Crippen LogP contribution in [0.1, 0.15) is 27.2 Å². The van der Waals surface area contributed by atoms with E-state index in [4.69, 9.17) is 0 Å². The summed E-state index contributed by atoms with van der Waals surface area (Å²) in [6, 6.07) is 0. The maximum absolute atomic E-state index is 11.5. The first-order valence-electron chi connectivity index (χ1n) is 4.19. The second kappa shape index (κ2) is 2.59. The molecular formula is C9H17NO. The number of hydrogen-bond acceptors (Lipinski definition) is 2. The highest BCUT2D eigenvalue weighted by atomic mass is 16.1. The lowest BCUT2D eigenvalue weighted by Crippen LogP contribution is -2.53. The van der Waals surface area contributed by atoms with Crippen LogP contribution in [0.3, 0.4) is 0 Å². The largest absolute Gasteiger partial charge is 0.298 e. The molecule has 1 saturated heterocycles. The average molecular weight is 155 g/mol. The molecule has 1 aliphatic heterocycles. The minimum Gasteiger partial charge on any atom is -0.298 e. The number of likely N-dealkylation sites (tertiary alicyclic amines) is 1. The van der Waals surface area contributed by atoms with Gasteiger partial charge in [-0.2, -0.15) is 0 Å². The Labute approximate surface area is 68.6 Å². The van der Waals surface area contributed by atoms with Gasteiger partial charge in [0.15, 0.2) is 5.78 Å². The summed E-state index contributed by atoms with van der Waals surface area (Å²) >= 11 is 0. The van der Waals surface area contributed by atoms with E-state index >= 15 is 0 Å². The van der Waals surface area contributed by atoms with Crippen molar-refractivity contribution >= 4 is 5.78 Å². The number of carbonyl (C=O) groups excluding carboxylic acids is 1.